The third-order valence-corrected chi connectivity index (χ3v) is 6.12. The second-order valence-corrected chi connectivity index (χ2v) is 8.57. The first-order valence-corrected chi connectivity index (χ1v) is 10.7. The van der Waals surface area contributed by atoms with Crippen LogP contribution in [0, 0.1) is 20.8 Å². The first-order chi connectivity index (χ1) is 14.4. The van der Waals surface area contributed by atoms with Crippen LogP contribution in [0.25, 0.3) is 0 Å². The molecular formula is C25H30N4O. The lowest BCUT2D eigenvalue weighted by atomic mass is 9.92. The van der Waals surface area contributed by atoms with Gasteiger partial charge in [0, 0.05) is 43.1 Å². The predicted octanol–water partition coefficient (Wildman–Crippen LogP) is 4.35. The zero-order valence-electron chi connectivity index (χ0n) is 18.4. The van der Waals surface area contributed by atoms with Crippen LogP contribution >= 0.6 is 0 Å². The molecule has 0 spiro atoms. The van der Waals surface area contributed by atoms with Crippen molar-refractivity contribution in [2.75, 3.05) is 13.1 Å². The van der Waals surface area contributed by atoms with Gasteiger partial charge in [-0.05, 0) is 63.3 Å². The predicted molar refractivity (Wildman–Crippen MR) is 119 cm³/mol. The van der Waals surface area contributed by atoms with Crippen molar-refractivity contribution < 1.29 is 4.79 Å². The number of hydrogen-bond acceptors (Lipinski definition) is 3. The fraction of sp³-hybridized carbons (Fsp3) is 0.400. The van der Waals surface area contributed by atoms with E-state index in [1.54, 1.807) is 10.9 Å². The third-order valence-electron chi connectivity index (χ3n) is 6.12. The summed E-state index contributed by atoms with van der Waals surface area (Å²) in [6.45, 7) is 7.65. The van der Waals surface area contributed by atoms with Gasteiger partial charge in [-0.15, -0.1) is 0 Å². The molecule has 1 atom stereocenters. The highest BCUT2D eigenvalue weighted by Crippen LogP contribution is 2.28. The second kappa shape index (κ2) is 8.42. The number of carbonyl (C=O) groups excluding carboxylic acids is 1. The van der Waals surface area contributed by atoms with Gasteiger partial charge in [0.05, 0.1) is 11.8 Å². The molecule has 1 aromatic carbocycles. The summed E-state index contributed by atoms with van der Waals surface area (Å²) >= 11 is 0. The summed E-state index contributed by atoms with van der Waals surface area (Å²) in [5.74, 6) is 0.355. The van der Waals surface area contributed by atoms with Crippen molar-refractivity contribution in [2.24, 2.45) is 7.05 Å². The molecule has 3 aromatic rings. The SMILES string of the molecule is Cc1cccc(Cc2cc(C)nc(C3CCCN(C(=O)c4cnn(C)c4C)C3)c2)c1. The van der Waals surface area contributed by atoms with Crippen molar-refractivity contribution in [1.29, 1.82) is 0 Å². The number of carbonyl (C=O) groups is 1. The number of aromatic nitrogens is 3. The zero-order chi connectivity index (χ0) is 21.3. The molecule has 1 amide bonds. The summed E-state index contributed by atoms with van der Waals surface area (Å²) in [5, 5.41) is 4.24. The van der Waals surface area contributed by atoms with Crippen molar-refractivity contribution in [3.63, 3.8) is 0 Å². The van der Waals surface area contributed by atoms with Gasteiger partial charge in [-0.1, -0.05) is 29.8 Å². The normalized spacial score (nSPS) is 16.7. The summed E-state index contributed by atoms with van der Waals surface area (Å²) < 4.78 is 1.76. The molecule has 3 heterocycles. The minimum atomic E-state index is 0.0814. The zero-order valence-corrected chi connectivity index (χ0v) is 18.4. The molecule has 1 saturated heterocycles. The molecule has 0 bridgehead atoms. The number of hydrogen-bond donors (Lipinski definition) is 0. The van der Waals surface area contributed by atoms with E-state index in [1.807, 2.05) is 18.9 Å². The molecule has 0 N–H and O–H groups in total. The lowest BCUT2D eigenvalue weighted by molar-refractivity contribution is 0.0705. The van der Waals surface area contributed by atoms with Crippen LogP contribution in [0.5, 0.6) is 0 Å². The molecule has 0 radical (unpaired) electrons. The summed E-state index contributed by atoms with van der Waals surface area (Å²) in [6.07, 6.45) is 4.66. The number of likely N-dealkylation sites (tertiary alicyclic amines) is 1. The van der Waals surface area contributed by atoms with Gasteiger partial charge in [0.1, 0.15) is 0 Å². The maximum atomic E-state index is 13.1. The molecular weight excluding hydrogens is 372 g/mol. The molecule has 156 valence electrons. The van der Waals surface area contributed by atoms with Gasteiger partial charge in [0.2, 0.25) is 0 Å². The number of piperidine rings is 1. The van der Waals surface area contributed by atoms with Crippen molar-refractivity contribution in [3.8, 4) is 0 Å². The van der Waals surface area contributed by atoms with Gasteiger partial charge < -0.3 is 4.90 Å². The first-order valence-electron chi connectivity index (χ1n) is 10.7. The van der Waals surface area contributed by atoms with Crippen LogP contribution in [0.1, 0.15) is 62.9 Å². The van der Waals surface area contributed by atoms with E-state index in [0.29, 0.717) is 12.1 Å². The van der Waals surface area contributed by atoms with E-state index in [-0.39, 0.29) is 11.8 Å². The maximum absolute atomic E-state index is 13.1. The highest BCUT2D eigenvalue weighted by atomic mass is 16.2. The molecule has 5 heteroatoms. The number of pyridine rings is 1. The van der Waals surface area contributed by atoms with Crippen molar-refractivity contribution >= 4 is 5.91 Å². The molecule has 0 aliphatic carbocycles. The third kappa shape index (κ3) is 4.30. The van der Waals surface area contributed by atoms with Gasteiger partial charge in [-0.3, -0.25) is 14.5 Å². The number of rotatable bonds is 4. The molecule has 5 nitrogen and oxygen atoms in total. The Balaban J connectivity index is 1.54. The van der Waals surface area contributed by atoms with Crippen LogP contribution in [0.3, 0.4) is 0 Å². The topological polar surface area (TPSA) is 51.0 Å². The molecule has 2 aromatic heterocycles. The molecule has 1 fully saturated rings. The fourth-order valence-electron chi connectivity index (χ4n) is 4.42. The van der Waals surface area contributed by atoms with Gasteiger partial charge in [0.25, 0.3) is 5.91 Å². The van der Waals surface area contributed by atoms with Crippen molar-refractivity contribution in [3.05, 3.63) is 81.9 Å². The van der Waals surface area contributed by atoms with E-state index in [4.69, 9.17) is 4.98 Å². The van der Waals surface area contributed by atoms with E-state index >= 15 is 0 Å². The Bertz CT molecular complexity index is 1070. The van der Waals surface area contributed by atoms with Gasteiger partial charge in [-0.2, -0.15) is 5.10 Å². The largest absolute Gasteiger partial charge is 0.338 e. The standard InChI is InChI=1S/C25H30N4O/c1-17-7-5-8-20(11-17)13-21-12-18(2)27-24(14-21)22-9-6-10-29(16-22)25(30)23-15-26-28(4)19(23)3/h5,7-8,11-12,14-15,22H,6,9-10,13,16H2,1-4H3. The number of nitrogens with zero attached hydrogens (tertiary/aromatic N) is 4. The highest BCUT2D eigenvalue weighted by molar-refractivity contribution is 5.95. The van der Waals surface area contributed by atoms with E-state index in [2.05, 4.69) is 55.3 Å². The quantitative estimate of drug-likeness (QED) is 0.652. The second-order valence-electron chi connectivity index (χ2n) is 8.57. The van der Waals surface area contributed by atoms with Crippen molar-refractivity contribution in [1.82, 2.24) is 19.7 Å². The Hall–Kier alpha value is -2.95. The Morgan fingerprint density at radius 3 is 2.70 bits per heavy atom. The minimum Gasteiger partial charge on any atom is -0.338 e. The monoisotopic (exact) mass is 402 g/mol. The van der Waals surface area contributed by atoms with Crippen LogP contribution in [0.15, 0.2) is 42.6 Å². The Labute approximate surface area is 178 Å². The first kappa shape index (κ1) is 20.3. The van der Waals surface area contributed by atoms with Crippen LogP contribution in [-0.4, -0.2) is 38.7 Å². The molecule has 0 saturated carbocycles. The van der Waals surface area contributed by atoms with Gasteiger partial charge in [0.15, 0.2) is 0 Å². The summed E-state index contributed by atoms with van der Waals surface area (Å²) in [4.78, 5) is 19.9. The summed E-state index contributed by atoms with van der Waals surface area (Å²) in [5.41, 5.74) is 7.66. The summed E-state index contributed by atoms with van der Waals surface area (Å²) in [7, 11) is 1.87. The summed E-state index contributed by atoms with van der Waals surface area (Å²) in [6, 6.07) is 13.1. The number of amides is 1. The Kier molecular flexibility index (Phi) is 5.71. The van der Waals surface area contributed by atoms with Crippen LogP contribution in [-0.2, 0) is 13.5 Å². The Morgan fingerprint density at radius 2 is 1.97 bits per heavy atom. The molecule has 4 rings (SSSR count). The molecule has 1 aliphatic rings. The van der Waals surface area contributed by atoms with Gasteiger partial charge >= 0.3 is 0 Å². The molecule has 30 heavy (non-hydrogen) atoms. The smallest absolute Gasteiger partial charge is 0.257 e. The van der Waals surface area contributed by atoms with E-state index < -0.39 is 0 Å². The van der Waals surface area contributed by atoms with E-state index in [0.717, 1.165) is 42.9 Å². The van der Waals surface area contributed by atoms with E-state index in [1.165, 1.54) is 16.7 Å². The Morgan fingerprint density at radius 1 is 1.13 bits per heavy atom. The van der Waals surface area contributed by atoms with Crippen LogP contribution in [0.4, 0.5) is 0 Å². The maximum Gasteiger partial charge on any atom is 0.257 e. The molecule has 1 aliphatic heterocycles. The average molecular weight is 403 g/mol. The molecule has 1 unspecified atom stereocenters. The average Bonchev–Trinajstić information content (AvgIpc) is 3.06. The van der Waals surface area contributed by atoms with Crippen LogP contribution < -0.4 is 0 Å². The lowest BCUT2D eigenvalue weighted by Gasteiger charge is -2.32. The minimum absolute atomic E-state index is 0.0814. The number of aryl methyl sites for hydroxylation is 3. The van der Waals surface area contributed by atoms with E-state index in [9.17, 15) is 4.79 Å². The van der Waals surface area contributed by atoms with Gasteiger partial charge in [-0.25, -0.2) is 0 Å². The lowest BCUT2D eigenvalue weighted by Crippen LogP contribution is -2.39. The van der Waals surface area contributed by atoms with Crippen molar-refractivity contribution in [2.45, 2.75) is 46.0 Å². The number of benzene rings is 1. The van der Waals surface area contributed by atoms with Crippen LogP contribution in [0.2, 0.25) is 0 Å². The fourth-order valence-corrected chi connectivity index (χ4v) is 4.42. The highest BCUT2D eigenvalue weighted by Gasteiger charge is 2.28.